The fraction of sp³-hybridized carbons (Fsp3) is 0.227. The molecular formula is C22H24N4O3. The molecule has 3 aromatic rings. The standard InChI is InChI=1S/C22H24N4O3/c1-15-14-19(16(2)26(15)20-6-4-5-11-23-20)22(28)25-13-12-24-21(27)17-7-9-18(29-3)10-8-17/h4-11,14H,12-13H2,1-3H3,(H,24,27)(H,25,28). The summed E-state index contributed by atoms with van der Waals surface area (Å²) in [6.45, 7) is 4.49. The van der Waals surface area contributed by atoms with Crippen LogP contribution in [0.1, 0.15) is 32.1 Å². The number of nitrogens with zero attached hydrogens (tertiary/aromatic N) is 2. The van der Waals surface area contributed by atoms with Crippen molar-refractivity contribution in [2.45, 2.75) is 13.8 Å². The van der Waals surface area contributed by atoms with Gasteiger partial charge in [-0.15, -0.1) is 0 Å². The van der Waals surface area contributed by atoms with E-state index in [-0.39, 0.29) is 11.8 Å². The predicted molar refractivity (Wildman–Crippen MR) is 111 cm³/mol. The number of pyridine rings is 1. The summed E-state index contributed by atoms with van der Waals surface area (Å²) in [7, 11) is 1.57. The van der Waals surface area contributed by atoms with Crippen LogP contribution in [-0.4, -0.2) is 41.6 Å². The molecular weight excluding hydrogens is 368 g/mol. The highest BCUT2D eigenvalue weighted by molar-refractivity contribution is 5.96. The third-order valence-electron chi connectivity index (χ3n) is 4.60. The summed E-state index contributed by atoms with van der Waals surface area (Å²) in [5.74, 6) is 1.08. The molecule has 0 unspecified atom stereocenters. The lowest BCUT2D eigenvalue weighted by Crippen LogP contribution is -2.34. The van der Waals surface area contributed by atoms with Crippen LogP contribution in [0.5, 0.6) is 5.75 Å². The van der Waals surface area contributed by atoms with Gasteiger partial charge >= 0.3 is 0 Å². The molecule has 0 radical (unpaired) electrons. The van der Waals surface area contributed by atoms with Crippen LogP contribution >= 0.6 is 0 Å². The number of aryl methyl sites for hydroxylation is 1. The van der Waals surface area contributed by atoms with Gasteiger partial charge in [0.05, 0.1) is 12.7 Å². The predicted octanol–water partition coefficient (Wildman–Crippen LogP) is 2.66. The Balaban J connectivity index is 1.55. The third-order valence-corrected chi connectivity index (χ3v) is 4.60. The number of methoxy groups -OCH3 is 1. The van der Waals surface area contributed by atoms with Gasteiger partial charge in [-0.2, -0.15) is 0 Å². The minimum atomic E-state index is -0.199. The van der Waals surface area contributed by atoms with Crippen LogP contribution in [0, 0.1) is 13.8 Å². The Labute approximate surface area is 169 Å². The van der Waals surface area contributed by atoms with E-state index in [0.717, 1.165) is 17.2 Å². The molecule has 1 aromatic carbocycles. The Kier molecular flexibility index (Phi) is 6.29. The van der Waals surface area contributed by atoms with Crippen molar-refractivity contribution >= 4 is 11.8 Å². The average molecular weight is 392 g/mol. The quantitative estimate of drug-likeness (QED) is 0.606. The number of aromatic nitrogens is 2. The summed E-state index contributed by atoms with van der Waals surface area (Å²) < 4.78 is 7.02. The van der Waals surface area contributed by atoms with Gasteiger partial charge in [0.25, 0.3) is 11.8 Å². The number of carbonyl (C=O) groups is 2. The summed E-state index contributed by atoms with van der Waals surface area (Å²) >= 11 is 0. The van der Waals surface area contributed by atoms with Crippen LogP contribution in [0.4, 0.5) is 0 Å². The third kappa shape index (κ3) is 4.63. The molecule has 0 aliphatic carbocycles. The topological polar surface area (TPSA) is 85.3 Å². The van der Waals surface area contributed by atoms with Crippen LogP contribution in [0.2, 0.25) is 0 Å². The van der Waals surface area contributed by atoms with Gasteiger partial charge in [-0.05, 0) is 56.3 Å². The number of rotatable bonds is 7. The van der Waals surface area contributed by atoms with Gasteiger partial charge in [-0.3, -0.25) is 9.59 Å². The molecule has 0 aliphatic rings. The molecule has 0 atom stereocenters. The molecule has 0 fully saturated rings. The van der Waals surface area contributed by atoms with Gasteiger partial charge in [-0.1, -0.05) is 6.07 Å². The van der Waals surface area contributed by atoms with Crippen LogP contribution in [0.15, 0.2) is 54.7 Å². The number of carbonyl (C=O) groups excluding carboxylic acids is 2. The fourth-order valence-corrected chi connectivity index (χ4v) is 3.12. The summed E-state index contributed by atoms with van der Waals surface area (Å²) in [6, 6.07) is 14.4. The number of hydrogen-bond acceptors (Lipinski definition) is 4. The summed E-state index contributed by atoms with van der Waals surface area (Å²) in [5.41, 5.74) is 2.88. The van der Waals surface area contributed by atoms with E-state index in [4.69, 9.17) is 4.74 Å². The minimum absolute atomic E-state index is 0.182. The van der Waals surface area contributed by atoms with Gasteiger partial charge in [0.15, 0.2) is 0 Å². The highest BCUT2D eigenvalue weighted by atomic mass is 16.5. The molecule has 2 amide bonds. The lowest BCUT2D eigenvalue weighted by atomic mass is 10.2. The molecule has 0 bridgehead atoms. The van der Waals surface area contributed by atoms with Gasteiger partial charge in [0.2, 0.25) is 0 Å². The first-order valence-electron chi connectivity index (χ1n) is 9.32. The Hall–Kier alpha value is -3.61. The normalized spacial score (nSPS) is 10.4. The second kappa shape index (κ2) is 9.05. The highest BCUT2D eigenvalue weighted by Gasteiger charge is 2.16. The van der Waals surface area contributed by atoms with E-state index in [1.165, 1.54) is 0 Å². The van der Waals surface area contributed by atoms with Crippen LogP contribution in [-0.2, 0) is 0 Å². The maximum absolute atomic E-state index is 12.6. The van der Waals surface area contributed by atoms with Gasteiger partial charge < -0.3 is 19.9 Å². The average Bonchev–Trinajstić information content (AvgIpc) is 3.05. The van der Waals surface area contributed by atoms with E-state index in [0.29, 0.717) is 30.0 Å². The molecule has 0 saturated carbocycles. The number of benzene rings is 1. The van der Waals surface area contributed by atoms with Crippen molar-refractivity contribution in [1.29, 1.82) is 0 Å². The summed E-state index contributed by atoms with van der Waals surface area (Å²) in [4.78, 5) is 29.1. The van der Waals surface area contributed by atoms with Crippen LogP contribution < -0.4 is 15.4 Å². The molecule has 2 aromatic heterocycles. The largest absolute Gasteiger partial charge is 0.497 e. The van der Waals surface area contributed by atoms with Crippen molar-refractivity contribution < 1.29 is 14.3 Å². The molecule has 3 rings (SSSR count). The number of hydrogen-bond donors (Lipinski definition) is 2. The first kappa shape index (κ1) is 20.1. The molecule has 2 N–H and O–H groups in total. The van der Waals surface area contributed by atoms with Gasteiger partial charge in [-0.25, -0.2) is 4.98 Å². The van der Waals surface area contributed by atoms with E-state index < -0.39 is 0 Å². The maximum Gasteiger partial charge on any atom is 0.253 e. The second-order valence-electron chi connectivity index (χ2n) is 6.55. The van der Waals surface area contributed by atoms with Crippen LogP contribution in [0.25, 0.3) is 5.82 Å². The number of nitrogens with one attached hydrogen (secondary N) is 2. The fourth-order valence-electron chi connectivity index (χ4n) is 3.12. The number of amides is 2. The van der Waals surface area contributed by atoms with Crippen molar-refractivity contribution in [3.63, 3.8) is 0 Å². The molecule has 29 heavy (non-hydrogen) atoms. The first-order valence-corrected chi connectivity index (χ1v) is 9.32. The van der Waals surface area contributed by atoms with Crippen molar-refractivity contribution in [3.8, 4) is 11.6 Å². The van der Waals surface area contributed by atoms with Crippen molar-refractivity contribution in [1.82, 2.24) is 20.2 Å². The molecule has 0 saturated heterocycles. The van der Waals surface area contributed by atoms with E-state index in [9.17, 15) is 9.59 Å². The van der Waals surface area contributed by atoms with E-state index in [1.807, 2.05) is 42.7 Å². The Morgan fingerprint density at radius 1 is 1.00 bits per heavy atom. The summed E-state index contributed by atoms with van der Waals surface area (Å²) in [6.07, 6.45) is 1.72. The van der Waals surface area contributed by atoms with Gasteiger partial charge in [0.1, 0.15) is 11.6 Å². The minimum Gasteiger partial charge on any atom is -0.497 e. The Morgan fingerprint density at radius 2 is 1.69 bits per heavy atom. The van der Waals surface area contributed by atoms with E-state index in [1.54, 1.807) is 37.6 Å². The zero-order valence-electron chi connectivity index (χ0n) is 16.7. The van der Waals surface area contributed by atoms with E-state index in [2.05, 4.69) is 15.6 Å². The maximum atomic E-state index is 12.6. The van der Waals surface area contributed by atoms with Gasteiger partial charge in [0, 0.05) is 36.2 Å². The lowest BCUT2D eigenvalue weighted by molar-refractivity contribution is 0.0927. The monoisotopic (exact) mass is 392 g/mol. The highest BCUT2D eigenvalue weighted by Crippen LogP contribution is 2.19. The van der Waals surface area contributed by atoms with Crippen molar-refractivity contribution in [2.75, 3.05) is 20.2 Å². The van der Waals surface area contributed by atoms with Crippen molar-refractivity contribution in [2.24, 2.45) is 0 Å². The van der Waals surface area contributed by atoms with Crippen LogP contribution in [0.3, 0.4) is 0 Å². The first-order chi connectivity index (χ1) is 14.0. The molecule has 7 nitrogen and oxygen atoms in total. The van der Waals surface area contributed by atoms with E-state index >= 15 is 0 Å². The molecule has 150 valence electrons. The SMILES string of the molecule is COc1ccc(C(=O)NCCNC(=O)c2cc(C)n(-c3ccccn3)c2C)cc1. The summed E-state index contributed by atoms with van der Waals surface area (Å²) in [5, 5.41) is 5.64. The van der Waals surface area contributed by atoms with Crippen molar-refractivity contribution in [3.05, 3.63) is 77.2 Å². The Bertz CT molecular complexity index is 995. The molecule has 2 heterocycles. The number of ether oxygens (including phenoxy) is 1. The smallest absolute Gasteiger partial charge is 0.253 e. The Morgan fingerprint density at radius 3 is 2.31 bits per heavy atom. The zero-order chi connectivity index (χ0) is 20.8. The zero-order valence-corrected chi connectivity index (χ0v) is 16.7. The lowest BCUT2D eigenvalue weighted by Gasteiger charge is -2.09. The second-order valence-corrected chi connectivity index (χ2v) is 6.55. The molecule has 7 heteroatoms. The molecule has 0 aliphatic heterocycles. The molecule has 0 spiro atoms.